The molecule has 5 nitrogen and oxygen atoms in total. The van der Waals surface area contributed by atoms with E-state index in [1.165, 1.54) is 19.1 Å². The first-order valence-corrected chi connectivity index (χ1v) is 11.0. The number of H-pyrrole nitrogens is 1. The molecule has 1 aliphatic rings. The van der Waals surface area contributed by atoms with E-state index in [0.29, 0.717) is 42.4 Å². The molecule has 1 aromatic heterocycles. The summed E-state index contributed by atoms with van der Waals surface area (Å²) in [6.45, 7) is 3.58. The van der Waals surface area contributed by atoms with Crippen LogP contribution < -0.4 is 4.74 Å². The number of rotatable bonds is 6. The zero-order valence-corrected chi connectivity index (χ0v) is 18.9. The van der Waals surface area contributed by atoms with Gasteiger partial charge in [-0.3, -0.25) is 9.79 Å². The van der Waals surface area contributed by atoms with Crippen LogP contribution in [0.3, 0.4) is 0 Å². The summed E-state index contributed by atoms with van der Waals surface area (Å²) in [5.74, 6) is -0.459. The molecule has 178 valence electrons. The van der Waals surface area contributed by atoms with E-state index in [0.717, 1.165) is 16.8 Å². The number of benzene rings is 2. The summed E-state index contributed by atoms with van der Waals surface area (Å²) >= 11 is 0. The molecule has 0 saturated heterocycles. The third-order valence-corrected chi connectivity index (χ3v) is 6.07. The maximum Gasteiger partial charge on any atom is 0.573 e. The van der Waals surface area contributed by atoms with Crippen molar-refractivity contribution >= 4 is 22.4 Å². The molecule has 1 aliphatic carbocycles. The summed E-state index contributed by atoms with van der Waals surface area (Å²) in [4.78, 5) is 20.1. The van der Waals surface area contributed by atoms with Crippen molar-refractivity contribution in [3.8, 4) is 5.75 Å². The Morgan fingerprint density at radius 3 is 2.59 bits per heavy atom. The van der Waals surface area contributed by atoms with E-state index in [1.807, 2.05) is 37.3 Å². The van der Waals surface area contributed by atoms with Gasteiger partial charge in [-0.2, -0.15) is 0 Å². The molecule has 1 atom stereocenters. The number of alkyl halides is 3. The normalized spacial score (nSPS) is 18.0. The number of carbonyl (C=O) groups is 1. The average Bonchev–Trinajstić information content (AvgIpc) is 3.07. The van der Waals surface area contributed by atoms with Crippen LogP contribution in [0.5, 0.6) is 5.75 Å². The monoisotopic (exact) mass is 470 g/mol. The van der Waals surface area contributed by atoms with E-state index in [-0.39, 0.29) is 28.8 Å². The van der Waals surface area contributed by atoms with Gasteiger partial charge in [0.05, 0.1) is 5.57 Å². The molecular weight excluding hydrogens is 445 g/mol. The predicted molar refractivity (Wildman–Crippen MR) is 124 cm³/mol. The van der Waals surface area contributed by atoms with Gasteiger partial charge in [-0.15, -0.1) is 13.2 Å². The standard InChI is InChI=1S/C26H25F3N2O3/c1-15-20(21-14-19(34-26(27,28)29)8-9-22(21)31-15)10-11-30-23-12-18(17-6-4-3-5-7-17)13-24(33)25(23)16(2)32/h3-9,14,18,31,33H,10-13H2,1-2H3/t18-/m1/s1. The Kier molecular flexibility index (Phi) is 6.50. The number of nitrogens with one attached hydrogen (secondary N) is 1. The number of aliphatic hydroxyl groups is 1. The summed E-state index contributed by atoms with van der Waals surface area (Å²) in [6.07, 6.45) is -3.41. The van der Waals surface area contributed by atoms with E-state index in [4.69, 9.17) is 0 Å². The number of hydrogen-bond donors (Lipinski definition) is 2. The molecule has 0 bridgehead atoms. The van der Waals surface area contributed by atoms with Gasteiger partial charge >= 0.3 is 6.36 Å². The number of halogens is 3. The van der Waals surface area contributed by atoms with Gasteiger partial charge in [0.15, 0.2) is 5.78 Å². The van der Waals surface area contributed by atoms with E-state index in [1.54, 1.807) is 6.07 Å². The van der Waals surface area contributed by atoms with Crippen molar-refractivity contribution in [2.75, 3.05) is 6.54 Å². The molecule has 34 heavy (non-hydrogen) atoms. The minimum atomic E-state index is -4.77. The van der Waals surface area contributed by atoms with Crippen molar-refractivity contribution < 1.29 is 27.8 Å². The molecule has 0 aliphatic heterocycles. The Bertz CT molecular complexity index is 1270. The van der Waals surface area contributed by atoms with E-state index in [9.17, 15) is 23.1 Å². The number of Topliss-reactive ketones (excluding diaryl/α,β-unsaturated/α-hetero) is 1. The second kappa shape index (κ2) is 9.37. The molecule has 2 N–H and O–H groups in total. The summed E-state index contributed by atoms with van der Waals surface area (Å²) < 4.78 is 42.0. The Morgan fingerprint density at radius 1 is 1.18 bits per heavy atom. The Labute approximate surface area is 195 Å². The molecule has 1 heterocycles. The molecule has 0 saturated carbocycles. The molecule has 0 spiro atoms. The van der Waals surface area contributed by atoms with Crippen LogP contribution in [0, 0.1) is 6.92 Å². The minimum Gasteiger partial charge on any atom is -0.511 e. The van der Waals surface area contributed by atoms with Gasteiger partial charge in [0, 0.05) is 35.3 Å². The van der Waals surface area contributed by atoms with Crippen molar-refractivity contribution in [1.29, 1.82) is 0 Å². The van der Waals surface area contributed by atoms with Crippen LogP contribution in [0.25, 0.3) is 10.9 Å². The molecule has 2 aromatic carbocycles. The smallest absolute Gasteiger partial charge is 0.511 e. The topological polar surface area (TPSA) is 74.7 Å². The first-order chi connectivity index (χ1) is 16.1. The average molecular weight is 470 g/mol. The third kappa shape index (κ3) is 5.16. The highest BCUT2D eigenvalue weighted by Crippen LogP contribution is 2.35. The van der Waals surface area contributed by atoms with Crippen LogP contribution in [-0.2, 0) is 11.2 Å². The van der Waals surface area contributed by atoms with Gasteiger partial charge < -0.3 is 14.8 Å². The first kappa shape index (κ1) is 23.6. The number of ketones is 1. The number of aliphatic imine (C=N–C) groups is 1. The van der Waals surface area contributed by atoms with Gasteiger partial charge in [0.1, 0.15) is 11.5 Å². The number of aromatic nitrogens is 1. The molecule has 3 aromatic rings. The van der Waals surface area contributed by atoms with E-state index >= 15 is 0 Å². The van der Waals surface area contributed by atoms with Gasteiger partial charge in [-0.25, -0.2) is 0 Å². The molecule has 0 unspecified atom stereocenters. The number of aromatic amines is 1. The molecule has 4 rings (SSSR count). The fourth-order valence-electron chi connectivity index (χ4n) is 4.60. The second-order valence-corrected chi connectivity index (χ2v) is 8.46. The highest BCUT2D eigenvalue weighted by Gasteiger charge is 2.31. The molecule has 0 fully saturated rings. The Balaban J connectivity index is 1.59. The number of fused-ring (bicyclic) bond motifs is 1. The number of carbonyl (C=O) groups excluding carboxylic acids is 1. The SMILES string of the molecule is CC(=O)C1=C(O)C[C@H](c2ccccc2)CC1=NCCc1c(C)[nH]c2ccc(OC(F)(F)F)cc12. The van der Waals surface area contributed by atoms with Gasteiger partial charge in [0.25, 0.3) is 0 Å². The van der Waals surface area contributed by atoms with Crippen molar-refractivity contribution in [2.45, 2.75) is 45.4 Å². The zero-order valence-electron chi connectivity index (χ0n) is 18.9. The molecular formula is C26H25F3N2O3. The van der Waals surface area contributed by atoms with Crippen LogP contribution >= 0.6 is 0 Å². The summed E-state index contributed by atoms with van der Waals surface area (Å²) in [6, 6.07) is 14.0. The van der Waals surface area contributed by atoms with Crippen LogP contribution in [0.2, 0.25) is 0 Å². The number of allylic oxidation sites excluding steroid dienone is 2. The minimum absolute atomic E-state index is 0.0138. The lowest BCUT2D eigenvalue weighted by atomic mass is 9.81. The molecule has 0 amide bonds. The zero-order chi connectivity index (χ0) is 24.5. The van der Waals surface area contributed by atoms with E-state index in [2.05, 4.69) is 14.7 Å². The largest absolute Gasteiger partial charge is 0.573 e. The van der Waals surface area contributed by atoms with Crippen molar-refractivity contribution in [1.82, 2.24) is 4.98 Å². The van der Waals surface area contributed by atoms with Crippen LogP contribution in [0.15, 0.2) is 64.9 Å². The number of aryl methyl sites for hydroxylation is 1. The number of nitrogens with zero attached hydrogens (tertiary/aromatic N) is 1. The fraction of sp³-hybridized carbons (Fsp3) is 0.308. The molecule has 0 radical (unpaired) electrons. The van der Waals surface area contributed by atoms with Crippen molar-refractivity contribution in [3.05, 3.63) is 76.7 Å². The highest BCUT2D eigenvalue weighted by molar-refractivity contribution is 6.22. The van der Waals surface area contributed by atoms with E-state index < -0.39 is 6.36 Å². The second-order valence-electron chi connectivity index (χ2n) is 8.46. The maximum atomic E-state index is 12.6. The van der Waals surface area contributed by atoms with Crippen LogP contribution in [0.4, 0.5) is 13.2 Å². The Hall–Kier alpha value is -3.55. The molecule has 8 heteroatoms. The third-order valence-electron chi connectivity index (χ3n) is 6.07. The van der Waals surface area contributed by atoms with Gasteiger partial charge in [-0.05, 0) is 61.9 Å². The van der Waals surface area contributed by atoms with Crippen molar-refractivity contribution in [3.63, 3.8) is 0 Å². The Morgan fingerprint density at radius 2 is 1.91 bits per heavy atom. The summed E-state index contributed by atoms with van der Waals surface area (Å²) in [7, 11) is 0. The number of aliphatic hydroxyl groups excluding tert-OH is 1. The summed E-state index contributed by atoms with van der Waals surface area (Å²) in [5, 5.41) is 11.2. The van der Waals surface area contributed by atoms with Gasteiger partial charge in [-0.1, -0.05) is 30.3 Å². The van der Waals surface area contributed by atoms with Crippen LogP contribution in [0.1, 0.15) is 42.5 Å². The summed E-state index contributed by atoms with van der Waals surface area (Å²) in [5.41, 5.74) is 4.26. The number of hydrogen-bond acceptors (Lipinski definition) is 4. The lowest BCUT2D eigenvalue weighted by molar-refractivity contribution is -0.274. The highest BCUT2D eigenvalue weighted by atomic mass is 19.4. The number of ether oxygens (including phenoxy) is 1. The lowest BCUT2D eigenvalue weighted by Gasteiger charge is -2.25. The van der Waals surface area contributed by atoms with Crippen LogP contribution in [-0.4, -0.2) is 34.5 Å². The quantitative estimate of drug-likeness (QED) is 0.442. The van der Waals surface area contributed by atoms with Crippen molar-refractivity contribution in [2.24, 2.45) is 4.99 Å². The van der Waals surface area contributed by atoms with Gasteiger partial charge in [0.2, 0.25) is 0 Å². The maximum absolute atomic E-state index is 12.6. The first-order valence-electron chi connectivity index (χ1n) is 11.0. The fourth-order valence-corrected chi connectivity index (χ4v) is 4.60. The predicted octanol–water partition coefficient (Wildman–Crippen LogP) is 6.34. The lowest BCUT2D eigenvalue weighted by Crippen LogP contribution is -2.23.